The second-order valence-electron chi connectivity index (χ2n) is 6.06. The molecule has 3 aromatic rings. The van der Waals surface area contributed by atoms with Crippen molar-refractivity contribution in [3.05, 3.63) is 55.0 Å². The number of hydrogen-bond donors (Lipinski definition) is 1. The molecular weight excluding hydrogens is 300 g/mol. The molecule has 3 heterocycles. The molecule has 0 aliphatic carbocycles. The van der Waals surface area contributed by atoms with Crippen LogP contribution in [0.1, 0.15) is 19.8 Å². The quantitative estimate of drug-likeness (QED) is 0.798. The number of nitrogens with one attached hydrogen (secondary N) is 1. The lowest BCUT2D eigenvalue weighted by Crippen LogP contribution is -2.27. The largest absolute Gasteiger partial charge is 0.354 e. The van der Waals surface area contributed by atoms with E-state index < -0.39 is 0 Å². The number of benzene rings is 1. The average molecular weight is 320 g/mol. The molecule has 1 N–H and O–H groups in total. The Hall–Kier alpha value is -2.89. The third-order valence-corrected chi connectivity index (χ3v) is 4.36. The number of aromatic nitrogens is 4. The van der Waals surface area contributed by atoms with Gasteiger partial charge in [0.1, 0.15) is 12.1 Å². The van der Waals surface area contributed by atoms with Gasteiger partial charge in [0, 0.05) is 30.5 Å². The van der Waals surface area contributed by atoms with Crippen molar-refractivity contribution in [2.75, 3.05) is 16.8 Å². The van der Waals surface area contributed by atoms with Crippen LogP contribution in [0.4, 0.5) is 17.5 Å². The molecule has 1 fully saturated rings. The monoisotopic (exact) mass is 320 g/mol. The molecule has 1 atom stereocenters. The Labute approximate surface area is 141 Å². The van der Waals surface area contributed by atoms with Gasteiger partial charge < -0.3 is 10.2 Å². The van der Waals surface area contributed by atoms with Gasteiger partial charge in [0.25, 0.3) is 0 Å². The van der Waals surface area contributed by atoms with Crippen LogP contribution in [-0.4, -0.2) is 32.3 Å². The summed E-state index contributed by atoms with van der Waals surface area (Å²) < 4.78 is 1.77. The van der Waals surface area contributed by atoms with Gasteiger partial charge in [0.05, 0.1) is 5.69 Å². The minimum Gasteiger partial charge on any atom is -0.354 e. The van der Waals surface area contributed by atoms with Crippen molar-refractivity contribution in [1.82, 2.24) is 19.7 Å². The zero-order valence-corrected chi connectivity index (χ0v) is 13.6. The van der Waals surface area contributed by atoms with Crippen LogP contribution in [0.25, 0.3) is 5.69 Å². The van der Waals surface area contributed by atoms with Crippen molar-refractivity contribution in [1.29, 1.82) is 0 Å². The van der Waals surface area contributed by atoms with E-state index >= 15 is 0 Å². The predicted molar refractivity (Wildman–Crippen MR) is 94.9 cm³/mol. The number of pyridine rings is 1. The fourth-order valence-electron chi connectivity index (χ4n) is 3.08. The van der Waals surface area contributed by atoms with Crippen molar-refractivity contribution in [2.45, 2.75) is 25.8 Å². The summed E-state index contributed by atoms with van der Waals surface area (Å²) in [7, 11) is 0. The number of para-hydroxylation sites is 1. The van der Waals surface area contributed by atoms with Crippen LogP contribution < -0.4 is 10.2 Å². The van der Waals surface area contributed by atoms with Crippen LogP contribution in [0, 0.1) is 0 Å². The number of anilines is 3. The first-order chi connectivity index (χ1) is 11.8. The third-order valence-electron chi connectivity index (χ3n) is 4.36. The minimum absolute atomic E-state index is 0.541. The Bertz CT molecular complexity index is 813. The Kier molecular flexibility index (Phi) is 3.86. The molecule has 0 radical (unpaired) electrons. The van der Waals surface area contributed by atoms with Gasteiger partial charge >= 0.3 is 0 Å². The second-order valence-corrected chi connectivity index (χ2v) is 6.06. The zero-order valence-electron chi connectivity index (χ0n) is 13.6. The Morgan fingerprint density at radius 3 is 2.79 bits per heavy atom. The van der Waals surface area contributed by atoms with Gasteiger partial charge in [-0.3, -0.25) is 0 Å². The van der Waals surface area contributed by atoms with Gasteiger partial charge in [-0.15, -0.1) is 5.10 Å². The highest BCUT2D eigenvalue weighted by Gasteiger charge is 2.21. The third kappa shape index (κ3) is 2.95. The van der Waals surface area contributed by atoms with E-state index in [1.165, 1.54) is 12.8 Å². The smallest absolute Gasteiger partial charge is 0.246 e. The van der Waals surface area contributed by atoms with E-state index in [-0.39, 0.29) is 0 Å². The first kappa shape index (κ1) is 14.7. The summed E-state index contributed by atoms with van der Waals surface area (Å²) in [5.74, 6) is 1.58. The Morgan fingerprint density at radius 1 is 1.12 bits per heavy atom. The summed E-state index contributed by atoms with van der Waals surface area (Å²) in [6, 6.07) is 14.5. The van der Waals surface area contributed by atoms with Crippen molar-refractivity contribution >= 4 is 17.5 Å². The van der Waals surface area contributed by atoms with Crippen LogP contribution in [0.5, 0.6) is 0 Å². The lowest BCUT2D eigenvalue weighted by Gasteiger charge is -2.22. The maximum absolute atomic E-state index is 4.52. The Morgan fingerprint density at radius 2 is 2.00 bits per heavy atom. The molecule has 1 aliphatic rings. The van der Waals surface area contributed by atoms with Gasteiger partial charge in [-0.05, 0) is 38.0 Å². The highest BCUT2D eigenvalue weighted by atomic mass is 15.4. The van der Waals surface area contributed by atoms with Crippen LogP contribution in [-0.2, 0) is 0 Å². The summed E-state index contributed by atoms with van der Waals surface area (Å²) in [6.45, 7) is 3.31. The molecule has 2 aromatic heterocycles. The van der Waals surface area contributed by atoms with E-state index in [2.05, 4.69) is 38.3 Å². The van der Waals surface area contributed by atoms with Gasteiger partial charge in [-0.25, -0.2) is 9.67 Å². The van der Waals surface area contributed by atoms with Crippen LogP contribution in [0.3, 0.4) is 0 Å². The molecule has 122 valence electrons. The Balaban J connectivity index is 1.56. The molecule has 0 spiro atoms. The predicted octanol–water partition coefficient (Wildman–Crippen LogP) is 3.39. The molecule has 0 bridgehead atoms. The molecule has 1 saturated heterocycles. The van der Waals surface area contributed by atoms with Crippen molar-refractivity contribution in [2.24, 2.45) is 0 Å². The number of rotatable bonds is 4. The van der Waals surface area contributed by atoms with E-state index in [4.69, 9.17) is 0 Å². The summed E-state index contributed by atoms with van der Waals surface area (Å²) >= 11 is 0. The summed E-state index contributed by atoms with van der Waals surface area (Å²) in [5.41, 5.74) is 1.93. The molecule has 4 rings (SSSR count). The zero-order chi connectivity index (χ0) is 16.4. The highest BCUT2D eigenvalue weighted by Crippen LogP contribution is 2.24. The lowest BCUT2D eigenvalue weighted by molar-refractivity contribution is 0.726. The molecule has 0 saturated carbocycles. The molecule has 6 heteroatoms. The van der Waals surface area contributed by atoms with E-state index in [1.807, 2.05) is 42.6 Å². The first-order valence-corrected chi connectivity index (χ1v) is 8.26. The van der Waals surface area contributed by atoms with Crippen molar-refractivity contribution in [3.63, 3.8) is 0 Å². The summed E-state index contributed by atoms with van der Waals surface area (Å²) in [5, 5.41) is 7.71. The van der Waals surface area contributed by atoms with Gasteiger partial charge in [0.15, 0.2) is 0 Å². The molecule has 1 aromatic carbocycles. The molecule has 1 aliphatic heterocycles. The number of nitrogens with zero attached hydrogens (tertiary/aromatic N) is 5. The maximum atomic E-state index is 4.52. The van der Waals surface area contributed by atoms with Gasteiger partial charge in [-0.2, -0.15) is 4.98 Å². The van der Waals surface area contributed by atoms with Crippen molar-refractivity contribution in [3.8, 4) is 5.69 Å². The van der Waals surface area contributed by atoms with Crippen molar-refractivity contribution < 1.29 is 0 Å². The molecular formula is C18H20N6. The molecule has 1 unspecified atom stereocenters. The lowest BCUT2D eigenvalue weighted by atomic mass is 10.2. The molecule has 6 nitrogen and oxygen atoms in total. The summed E-state index contributed by atoms with van der Waals surface area (Å²) in [4.78, 5) is 11.2. The number of hydrogen-bond acceptors (Lipinski definition) is 5. The fraction of sp³-hybridized carbons (Fsp3) is 0.278. The van der Waals surface area contributed by atoms with E-state index in [0.29, 0.717) is 12.0 Å². The minimum atomic E-state index is 0.541. The van der Waals surface area contributed by atoms with Crippen LogP contribution in [0.15, 0.2) is 55.0 Å². The SMILES string of the molecule is CC1CCCN1c1cc(-n2cnc(Nc3ccccc3)n2)ccn1. The second kappa shape index (κ2) is 6.31. The normalized spacial score (nSPS) is 17.2. The van der Waals surface area contributed by atoms with Gasteiger partial charge in [-0.1, -0.05) is 18.2 Å². The standard InChI is InChI=1S/C18H20N6/c1-14-6-5-11-23(14)17-12-16(9-10-19-17)24-13-20-18(22-24)21-15-7-3-2-4-8-15/h2-4,7-10,12-14H,5-6,11H2,1H3,(H,21,22). The summed E-state index contributed by atoms with van der Waals surface area (Å²) in [6.07, 6.45) is 6.00. The maximum Gasteiger partial charge on any atom is 0.246 e. The average Bonchev–Trinajstić information content (AvgIpc) is 3.25. The first-order valence-electron chi connectivity index (χ1n) is 8.26. The van der Waals surface area contributed by atoms with Gasteiger partial charge in [0.2, 0.25) is 5.95 Å². The van der Waals surface area contributed by atoms with Crippen LogP contribution in [0.2, 0.25) is 0 Å². The molecule has 24 heavy (non-hydrogen) atoms. The molecule has 0 amide bonds. The van der Waals surface area contributed by atoms with Crippen LogP contribution >= 0.6 is 0 Å². The van der Waals surface area contributed by atoms with E-state index in [0.717, 1.165) is 23.7 Å². The topological polar surface area (TPSA) is 58.9 Å². The van der Waals surface area contributed by atoms with E-state index in [1.54, 1.807) is 11.0 Å². The highest BCUT2D eigenvalue weighted by molar-refractivity contribution is 5.53. The van der Waals surface area contributed by atoms with E-state index in [9.17, 15) is 0 Å². The fourth-order valence-corrected chi connectivity index (χ4v) is 3.08.